The Bertz CT molecular complexity index is 121. The van der Waals surface area contributed by atoms with E-state index in [1.54, 1.807) is 0 Å². The van der Waals surface area contributed by atoms with Gasteiger partial charge in [-0.05, 0) is 37.4 Å². The number of hydrogen-bond acceptors (Lipinski definition) is 2. The molecule has 1 saturated carbocycles. The van der Waals surface area contributed by atoms with Crippen LogP contribution in [0.3, 0.4) is 0 Å². The van der Waals surface area contributed by atoms with Gasteiger partial charge in [0.15, 0.2) is 0 Å². The highest BCUT2D eigenvalue weighted by Gasteiger charge is 2.12. The van der Waals surface area contributed by atoms with Gasteiger partial charge in [-0.2, -0.15) is 12.6 Å². The molecule has 0 aromatic carbocycles. The van der Waals surface area contributed by atoms with E-state index in [1.165, 1.54) is 51.4 Å². The molecule has 0 amide bonds. The van der Waals surface area contributed by atoms with Crippen molar-refractivity contribution in [3.63, 3.8) is 0 Å². The van der Waals surface area contributed by atoms with Gasteiger partial charge in [0.25, 0.3) is 0 Å². The summed E-state index contributed by atoms with van der Waals surface area (Å²) in [7, 11) is 0. The molecule has 84 valence electrons. The largest absolute Gasteiger partial charge is 0.381 e. The highest BCUT2D eigenvalue weighted by atomic mass is 32.1. The van der Waals surface area contributed by atoms with E-state index in [9.17, 15) is 0 Å². The Morgan fingerprint density at radius 3 is 2.50 bits per heavy atom. The van der Waals surface area contributed by atoms with Crippen LogP contribution in [0.1, 0.15) is 51.4 Å². The summed E-state index contributed by atoms with van der Waals surface area (Å²) in [6.07, 6.45) is 10.8. The van der Waals surface area contributed by atoms with E-state index in [-0.39, 0.29) is 0 Å². The molecule has 1 aliphatic rings. The van der Waals surface area contributed by atoms with E-state index in [0.717, 1.165) is 24.9 Å². The molecule has 0 radical (unpaired) electrons. The van der Waals surface area contributed by atoms with E-state index < -0.39 is 0 Å². The predicted octanol–water partition coefficient (Wildman–Crippen LogP) is 3.68. The number of hydrogen-bond donors (Lipinski definition) is 1. The second-order valence-corrected chi connectivity index (χ2v) is 4.81. The summed E-state index contributed by atoms with van der Waals surface area (Å²) in [5.74, 6) is 1.89. The quantitative estimate of drug-likeness (QED) is 0.504. The molecule has 1 rings (SSSR count). The van der Waals surface area contributed by atoms with Gasteiger partial charge >= 0.3 is 0 Å². The summed E-state index contributed by atoms with van der Waals surface area (Å²) < 4.78 is 5.69. The molecule has 0 heterocycles. The minimum Gasteiger partial charge on any atom is -0.381 e. The molecule has 0 saturated heterocycles. The van der Waals surface area contributed by atoms with Crippen LogP contribution in [0, 0.1) is 5.92 Å². The number of ether oxygens (including phenoxy) is 1. The minimum absolute atomic E-state index is 0.869. The Kier molecular flexibility index (Phi) is 7.61. The molecule has 2 heteroatoms. The highest BCUT2D eigenvalue weighted by molar-refractivity contribution is 7.80. The number of rotatable bonds is 7. The second kappa shape index (κ2) is 8.60. The Labute approximate surface area is 94.0 Å². The summed E-state index contributed by atoms with van der Waals surface area (Å²) in [6.45, 7) is 1.98. The van der Waals surface area contributed by atoms with Gasteiger partial charge in [-0.1, -0.05) is 25.7 Å². The van der Waals surface area contributed by atoms with Crippen LogP contribution in [0.25, 0.3) is 0 Å². The maximum Gasteiger partial charge on any atom is 0.0494 e. The summed E-state index contributed by atoms with van der Waals surface area (Å²) >= 11 is 4.19. The van der Waals surface area contributed by atoms with Crippen LogP contribution in [0.15, 0.2) is 0 Å². The van der Waals surface area contributed by atoms with Gasteiger partial charge in [0.05, 0.1) is 0 Å². The summed E-state index contributed by atoms with van der Waals surface area (Å²) in [5, 5.41) is 0. The molecular formula is C12H24OS. The average molecular weight is 216 g/mol. The van der Waals surface area contributed by atoms with Gasteiger partial charge in [-0.25, -0.2) is 0 Å². The van der Waals surface area contributed by atoms with E-state index >= 15 is 0 Å². The molecule has 0 unspecified atom stereocenters. The first-order valence-corrected chi connectivity index (χ1v) is 6.75. The maximum atomic E-state index is 5.69. The van der Waals surface area contributed by atoms with Crippen molar-refractivity contribution in [3.05, 3.63) is 0 Å². The van der Waals surface area contributed by atoms with Crippen molar-refractivity contribution >= 4 is 12.6 Å². The van der Waals surface area contributed by atoms with Crippen molar-refractivity contribution in [2.75, 3.05) is 19.0 Å². The third kappa shape index (κ3) is 5.92. The summed E-state index contributed by atoms with van der Waals surface area (Å²) in [6, 6.07) is 0. The van der Waals surface area contributed by atoms with E-state index in [1.807, 2.05) is 0 Å². The highest BCUT2D eigenvalue weighted by Crippen LogP contribution is 2.23. The van der Waals surface area contributed by atoms with Gasteiger partial charge in [0, 0.05) is 13.2 Å². The van der Waals surface area contributed by atoms with Crippen molar-refractivity contribution in [1.29, 1.82) is 0 Å². The lowest BCUT2D eigenvalue weighted by Gasteiger charge is -2.21. The molecule has 0 aromatic heterocycles. The molecule has 0 aromatic rings. The molecule has 0 bridgehead atoms. The Morgan fingerprint density at radius 1 is 1.00 bits per heavy atom. The van der Waals surface area contributed by atoms with Crippen LogP contribution in [-0.4, -0.2) is 19.0 Å². The average Bonchev–Trinajstić information content (AvgIpc) is 2.25. The van der Waals surface area contributed by atoms with Crippen molar-refractivity contribution < 1.29 is 4.74 Å². The second-order valence-electron chi connectivity index (χ2n) is 4.36. The third-order valence-electron chi connectivity index (χ3n) is 3.03. The van der Waals surface area contributed by atoms with Crippen LogP contribution in [0.5, 0.6) is 0 Å². The Balaban J connectivity index is 1.82. The van der Waals surface area contributed by atoms with Crippen LogP contribution < -0.4 is 0 Å². The van der Waals surface area contributed by atoms with Crippen molar-refractivity contribution in [1.82, 2.24) is 0 Å². The SMILES string of the molecule is SCCCCCOCC1CCCCC1. The van der Waals surface area contributed by atoms with Gasteiger partial charge < -0.3 is 4.74 Å². The molecule has 0 aliphatic heterocycles. The molecule has 0 atom stereocenters. The molecule has 1 nitrogen and oxygen atoms in total. The fraction of sp³-hybridized carbons (Fsp3) is 1.00. The number of unbranched alkanes of at least 4 members (excludes halogenated alkanes) is 2. The summed E-state index contributed by atoms with van der Waals surface area (Å²) in [5.41, 5.74) is 0. The first-order valence-electron chi connectivity index (χ1n) is 6.12. The van der Waals surface area contributed by atoms with Gasteiger partial charge in [0.2, 0.25) is 0 Å². The molecule has 1 aliphatic carbocycles. The minimum atomic E-state index is 0.869. The molecule has 0 N–H and O–H groups in total. The molecular weight excluding hydrogens is 192 g/mol. The lowest BCUT2D eigenvalue weighted by Crippen LogP contribution is -2.13. The standard InChI is InChI=1S/C12H24OS/c14-10-6-2-5-9-13-11-12-7-3-1-4-8-12/h12,14H,1-11H2. The van der Waals surface area contributed by atoms with E-state index in [2.05, 4.69) is 12.6 Å². The van der Waals surface area contributed by atoms with E-state index in [4.69, 9.17) is 4.74 Å². The zero-order chi connectivity index (χ0) is 10.1. The van der Waals surface area contributed by atoms with Crippen LogP contribution in [0.2, 0.25) is 0 Å². The first kappa shape index (κ1) is 12.4. The third-order valence-corrected chi connectivity index (χ3v) is 3.34. The lowest BCUT2D eigenvalue weighted by molar-refractivity contribution is 0.0827. The maximum absolute atomic E-state index is 5.69. The van der Waals surface area contributed by atoms with Crippen LogP contribution >= 0.6 is 12.6 Å². The summed E-state index contributed by atoms with van der Waals surface area (Å²) in [4.78, 5) is 0. The Hall–Kier alpha value is 0.310. The van der Waals surface area contributed by atoms with E-state index in [0.29, 0.717) is 0 Å². The normalized spacial score (nSPS) is 18.6. The van der Waals surface area contributed by atoms with Gasteiger partial charge in [-0.15, -0.1) is 0 Å². The zero-order valence-corrected chi connectivity index (χ0v) is 10.1. The smallest absolute Gasteiger partial charge is 0.0494 e. The first-order chi connectivity index (χ1) is 6.93. The zero-order valence-electron chi connectivity index (χ0n) is 9.21. The molecule has 14 heavy (non-hydrogen) atoms. The molecule has 1 fully saturated rings. The van der Waals surface area contributed by atoms with Crippen molar-refractivity contribution in [2.45, 2.75) is 51.4 Å². The lowest BCUT2D eigenvalue weighted by atomic mass is 9.90. The monoisotopic (exact) mass is 216 g/mol. The Morgan fingerprint density at radius 2 is 1.79 bits per heavy atom. The van der Waals surface area contributed by atoms with Gasteiger partial charge in [0.1, 0.15) is 0 Å². The number of thiol groups is 1. The van der Waals surface area contributed by atoms with Crippen molar-refractivity contribution in [3.8, 4) is 0 Å². The fourth-order valence-electron chi connectivity index (χ4n) is 2.10. The molecule has 0 spiro atoms. The topological polar surface area (TPSA) is 9.23 Å². The van der Waals surface area contributed by atoms with Crippen LogP contribution in [-0.2, 0) is 4.74 Å². The van der Waals surface area contributed by atoms with Gasteiger partial charge in [-0.3, -0.25) is 0 Å². The van der Waals surface area contributed by atoms with Crippen LogP contribution in [0.4, 0.5) is 0 Å². The predicted molar refractivity (Wildman–Crippen MR) is 65.1 cm³/mol. The fourth-order valence-corrected chi connectivity index (χ4v) is 2.32. The van der Waals surface area contributed by atoms with Crippen molar-refractivity contribution in [2.24, 2.45) is 5.92 Å².